The maximum absolute atomic E-state index is 13.5. The van der Waals surface area contributed by atoms with E-state index in [1.807, 2.05) is 56.3 Å². The third kappa shape index (κ3) is 3.25. The fraction of sp³-hybridized carbons (Fsp3) is 0.136. The van der Waals surface area contributed by atoms with Crippen molar-refractivity contribution in [3.63, 3.8) is 0 Å². The Hall–Kier alpha value is -4.27. The lowest BCUT2D eigenvalue weighted by Crippen LogP contribution is -2.26. The Morgan fingerprint density at radius 1 is 1.06 bits per heavy atom. The molecule has 0 aliphatic heterocycles. The first-order valence-electron chi connectivity index (χ1n) is 9.80. The standard InChI is InChI=1S/C22H20N8O/c1-12-6-8-14(9-7-12)30-16(27-15-5-3-4-13(2)17(15)21(30)31)10-24-19-18-20(26-11-25-18)29-22(23)28-19/h3-9,11H,10H2,1-2H3,(H4,23,24,25,26,28,29). The minimum absolute atomic E-state index is 0.111. The van der Waals surface area contributed by atoms with E-state index in [2.05, 4.69) is 25.3 Å². The van der Waals surface area contributed by atoms with Gasteiger partial charge < -0.3 is 16.0 Å². The molecule has 0 atom stereocenters. The van der Waals surface area contributed by atoms with Crippen molar-refractivity contribution in [1.82, 2.24) is 29.5 Å². The Morgan fingerprint density at radius 3 is 2.68 bits per heavy atom. The van der Waals surface area contributed by atoms with E-state index in [-0.39, 0.29) is 18.1 Å². The summed E-state index contributed by atoms with van der Waals surface area (Å²) < 4.78 is 1.64. The molecule has 0 radical (unpaired) electrons. The highest BCUT2D eigenvalue weighted by Crippen LogP contribution is 2.20. The van der Waals surface area contributed by atoms with Gasteiger partial charge in [0.05, 0.1) is 29.5 Å². The van der Waals surface area contributed by atoms with Crippen molar-refractivity contribution in [2.75, 3.05) is 11.1 Å². The van der Waals surface area contributed by atoms with E-state index in [9.17, 15) is 4.79 Å². The van der Waals surface area contributed by atoms with E-state index in [0.717, 1.165) is 16.8 Å². The Balaban J connectivity index is 1.66. The third-order valence-electron chi connectivity index (χ3n) is 5.18. The Morgan fingerprint density at radius 2 is 1.87 bits per heavy atom. The van der Waals surface area contributed by atoms with Crippen LogP contribution in [0.15, 0.2) is 53.6 Å². The summed E-state index contributed by atoms with van der Waals surface area (Å²) in [6.45, 7) is 4.17. The number of benzene rings is 2. The molecule has 0 saturated heterocycles. The van der Waals surface area contributed by atoms with Crippen molar-refractivity contribution in [1.29, 1.82) is 0 Å². The number of aromatic amines is 1. The van der Waals surface area contributed by atoms with Gasteiger partial charge in [0, 0.05) is 0 Å². The molecule has 3 heterocycles. The summed E-state index contributed by atoms with van der Waals surface area (Å²) in [7, 11) is 0. The predicted octanol–water partition coefficient (Wildman–Crippen LogP) is 2.86. The highest BCUT2D eigenvalue weighted by Gasteiger charge is 2.15. The van der Waals surface area contributed by atoms with Gasteiger partial charge in [0.25, 0.3) is 5.56 Å². The molecule has 0 spiro atoms. The number of aromatic nitrogens is 6. The normalized spacial score (nSPS) is 11.3. The van der Waals surface area contributed by atoms with E-state index >= 15 is 0 Å². The molecule has 3 aromatic heterocycles. The van der Waals surface area contributed by atoms with Gasteiger partial charge in [-0.3, -0.25) is 9.36 Å². The van der Waals surface area contributed by atoms with Crippen LogP contribution in [-0.4, -0.2) is 29.5 Å². The zero-order chi connectivity index (χ0) is 21.5. The molecule has 0 unspecified atom stereocenters. The number of imidazole rings is 1. The number of H-pyrrole nitrogens is 1. The molecule has 5 aromatic rings. The van der Waals surface area contributed by atoms with Crippen molar-refractivity contribution >= 4 is 33.8 Å². The van der Waals surface area contributed by atoms with Crippen LogP contribution < -0.4 is 16.6 Å². The number of hydrogen-bond donors (Lipinski definition) is 3. The first-order valence-corrected chi connectivity index (χ1v) is 9.80. The smallest absolute Gasteiger partial charge is 0.266 e. The molecule has 31 heavy (non-hydrogen) atoms. The number of anilines is 2. The molecule has 0 aliphatic carbocycles. The van der Waals surface area contributed by atoms with Crippen LogP contribution >= 0.6 is 0 Å². The van der Waals surface area contributed by atoms with Crippen LogP contribution in [0.2, 0.25) is 0 Å². The minimum Gasteiger partial charge on any atom is -0.368 e. The lowest BCUT2D eigenvalue weighted by Gasteiger charge is -2.16. The molecule has 0 bridgehead atoms. The van der Waals surface area contributed by atoms with Crippen LogP contribution in [0.25, 0.3) is 27.8 Å². The number of rotatable bonds is 4. The van der Waals surface area contributed by atoms with Crippen molar-refractivity contribution < 1.29 is 0 Å². The number of aryl methyl sites for hydroxylation is 2. The van der Waals surface area contributed by atoms with Crippen LogP contribution in [0.4, 0.5) is 11.8 Å². The second kappa shape index (κ2) is 7.21. The van der Waals surface area contributed by atoms with Gasteiger partial charge in [-0.2, -0.15) is 9.97 Å². The van der Waals surface area contributed by atoms with Crippen molar-refractivity contribution in [3.05, 3.63) is 76.1 Å². The quantitative estimate of drug-likeness (QED) is 0.414. The molecular formula is C22H20N8O. The summed E-state index contributed by atoms with van der Waals surface area (Å²) in [6.07, 6.45) is 1.53. The van der Waals surface area contributed by atoms with Crippen molar-refractivity contribution in [2.45, 2.75) is 20.4 Å². The fourth-order valence-electron chi connectivity index (χ4n) is 3.66. The monoisotopic (exact) mass is 412 g/mol. The van der Waals surface area contributed by atoms with E-state index in [1.165, 1.54) is 6.33 Å². The van der Waals surface area contributed by atoms with Crippen LogP contribution in [0.5, 0.6) is 0 Å². The number of nitrogens with zero attached hydrogens (tertiary/aromatic N) is 5. The molecule has 9 nitrogen and oxygen atoms in total. The average molecular weight is 412 g/mol. The second-order valence-electron chi connectivity index (χ2n) is 7.36. The summed E-state index contributed by atoms with van der Waals surface area (Å²) in [5.74, 6) is 1.16. The predicted molar refractivity (Wildman–Crippen MR) is 120 cm³/mol. The first-order chi connectivity index (χ1) is 15.0. The van der Waals surface area contributed by atoms with Gasteiger partial charge in [0.15, 0.2) is 11.5 Å². The highest BCUT2D eigenvalue weighted by atomic mass is 16.1. The maximum Gasteiger partial charge on any atom is 0.266 e. The van der Waals surface area contributed by atoms with Gasteiger partial charge in [0.1, 0.15) is 11.3 Å². The summed E-state index contributed by atoms with van der Waals surface area (Å²) >= 11 is 0. The molecule has 2 aromatic carbocycles. The van der Waals surface area contributed by atoms with Gasteiger partial charge in [-0.1, -0.05) is 29.8 Å². The Labute approximate surface area is 177 Å². The molecule has 0 saturated carbocycles. The Bertz CT molecular complexity index is 1480. The molecule has 0 aliphatic rings. The number of fused-ring (bicyclic) bond motifs is 2. The number of nitrogen functional groups attached to an aromatic ring is 1. The zero-order valence-corrected chi connectivity index (χ0v) is 17.0. The SMILES string of the molecule is Cc1ccc(-n2c(CNc3nc(N)nc4nc[nH]c34)nc3cccc(C)c3c2=O)cc1. The molecular weight excluding hydrogens is 392 g/mol. The summed E-state index contributed by atoms with van der Waals surface area (Å²) in [5, 5.41) is 3.84. The second-order valence-corrected chi connectivity index (χ2v) is 7.36. The minimum atomic E-state index is -0.113. The Kier molecular flexibility index (Phi) is 4.36. The molecule has 0 amide bonds. The number of nitrogens with one attached hydrogen (secondary N) is 2. The summed E-state index contributed by atoms with van der Waals surface area (Å²) in [5.41, 5.74) is 10.2. The van der Waals surface area contributed by atoms with Crippen LogP contribution in [0.1, 0.15) is 17.0 Å². The lowest BCUT2D eigenvalue weighted by atomic mass is 10.1. The van der Waals surface area contributed by atoms with Crippen molar-refractivity contribution in [2.24, 2.45) is 0 Å². The van der Waals surface area contributed by atoms with E-state index in [4.69, 9.17) is 10.7 Å². The topological polar surface area (TPSA) is 127 Å². The third-order valence-corrected chi connectivity index (χ3v) is 5.18. The zero-order valence-electron chi connectivity index (χ0n) is 17.0. The van der Waals surface area contributed by atoms with E-state index in [0.29, 0.717) is 33.7 Å². The van der Waals surface area contributed by atoms with E-state index in [1.54, 1.807) is 4.57 Å². The molecule has 9 heteroatoms. The van der Waals surface area contributed by atoms with Crippen LogP contribution in [-0.2, 0) is 6.54 Å². The van der Waals surface area contributed by atoms with Gasteiger partial charge in [-0.15, -0.1) is 0 Å². The average Bonchev–Trinajstić information content (AvgIpc) is 3.21. The first kappa shape index (κ1) is 18.7. The largest absolute Gasteiger partial charge is 0.368 e. The molecule has 4 N–H and O–H groups in total. The molecule has 154 valence electrons. The number of hydrogen-bond acceptors (Lipinski definition) is 7. The number of nitrogens with two attached hydrogens (primary N) is 1. The van der Waals surface area contributed by atoms with Gasteiger partial charge in [-0.25, -0.2) is 9.97 Å². The van der Waals surface area contributed by atoms with Crippen LogP contribution in [0.3, 0.4) is 0 Å². The fourth-order valence-corrected chi connectivity index (χ4v) is 3.66. The van der Waals surface area contributed by atoms with Gasteiger partial charge in [0.2, 0.25) is 5.95 Å². The molecule has 0 fully saturated rings. The van der Waals surface area contributed by atoms with Crippen LogP contribution in [0, 0.1) is 13.8 Å². The summed E-state index contributed by atoms with van der Waals surface area (Å²) in [6, 6.07) is 13.4. The van der Waals surface area contributed by atoms with Gasteiger partial charge in [-0.05, 0) is 37.6 Å². The summed E-state index contributed by atoms with van der Waals surface area (Å²) in [4.78, 5) is 33.8. The molecule has 5 rings (SSSR count). The maximum atomic E-state index is 13.5. The lowest BCUT2D eigenvalue weighted by molar-refractivity contribution is 0.836. The van der Waals surface area contributed by atoms with E-state index < -0.39 is 0 Å². The van der Waals surface area contributed by atoms with Crippen molar-refractivity contribution in [3.8, 4) is 5.69 Å². The highest BCUT2D eigenvalue weighted by molar-refractivity contribution is 5.84. The van der Waals surface area contributed by atoms with Gasteiger partial charge >= 0.3 is 0 Å².